The van der Waals surface area contributed by atoms with Crippen LogP contribution >= 0.6 is 0 Å². The van der Waals surface area contributed by atoms with Gasteiger partial charge in [-0.2, -0.15) is 0 Å². The van der Waals surface area contributed by atoms with Gasteiger partial charge in [0.2, 0.25) is 0 Å². The molecule has 3 heteroatoms. The minimum atomic E-state index is 0.112. The Morgan fingerprint density at radius 3 is 2.43 bits per heavy atom. The smallest absolute Gasteiger partial charge is 0.129 e. The zero-order valence-electron chi connectivity index (χ0n) is 11.8. The lowest BCUT2D eigenvalue weighted by molar-refractivity contribution is 0.301. The fourth-order valence-electron chi connectivity index (χ4n) is 2.43. The Labute approximate surface area is 124 Å². The molecule has 0 aliphatic rings. The topological polar surface area (TPSA) is 36.4 Å². The molecule has 0 aliphatic heterocycles. The van der Waals surface area contributed by atoms with E-state index >= 15 is 0 Å². The summed E-state index contributed by atoms with van der Waals surface area (Å²) >= 11 is 0. The molecule has 1 N–H and O–H groups in total. The number of aliphatic hydroxyl groups is 1. The molecule has 0 bridgehead atoms. The lowest BCUT2D eigenvalue weighted by Crippen LogP contribution is -2.26. The van der Waals surface area contributed by atoms with Gasteiger partial charge >= 0.3 is 0 Å². The molecule has 21 heavy (non-hydrogen) atoms. The van der Waals surface area contributed by atoms with Gasteiger partial charge in [0.1, 0.15) is 5.82 Å². The summed E-state index contributed by atoms with van der Waals surface area (Å²) in [5, 5.41) is 10.4. The van der Waals surface area contributed by atoms with Crippen molar-refractivity contribution in [3.8, 4) is 0 Å². The molecule has 1 aromatic heterocycles. The molecule has 2 aromatic carbocycles. The van der Waals surface area contributed by atoms with Crippen LogP contribution in [0, 0.1) is 0 Å². The lowest BCUT2D eigenvalue weighted by Gasteiger charge is -2.23. The molecule has 0 amide bonds. The van der Waals surface area contributed by atoms with E-state index in [-0.39, 0.29) is 6.61 Å². The SMILES string of the molecule is OCCN(Cc1ccccc1)c1ccc2ccccc2n1. The minimum absolute atomic E-state index is 0.112. The maximum absolute atomic E-state index is 9.32. The molecule has 0 spiro atoms. The molecule has 0 fully saturated rings. The van der Waals surface area contributed by atoms with Crippen LogP contribution in [0.2, 0.25) is 0 Å². The molecule has 3 rings (SSSR count). The molecule has 0 saturated carbocycles. The highest BCUT2D eigenvalue weighted by Crippen LogP contribution is 2.19. The zero-order chi connectivity index (χ0) is 14.5. The van der Waals surface area contributed by atoms with Gasteiger partial charge in [0.15, 0.2) is 0 Å². The highest BCUT2D eigenvalue weighted by Gasteiger charge is 2.09. The first-order chi connectivity index (χ1) is 10.4. The second-order valence-electron chi connectivity index (χ2n) is 4.99. The van der Waals surface area contributed by atoms with Crippen molar-refractivity contribution >= 4 is 16.7 Å². The van der Waals surface area contributed by atoms with Crippen molar-refractivity contribution in [2.45, 2.75) is 6.54 Å². The molecule has 0 aliphatic carbocycles. The Kier molecular flexibility index (Phi) is 4.12. The molecule has 1 heterocycles. The first kappa shape index (κ1) is 13.6. The van der Waals surface area contributed by atoms with Crippen molar-refractivity contribution in [2.24, 2.45) is 0 Å². The number of aliphatic hydroxyl groups excluding tert-OH is 1. The lowest BCUT2D eigenvalue weighted by atomic mass is 10.2. The predicted molar refractivity (Wildman–Crippen MR) is 86.3 cm³/mol. The quantitative estimate of drug-likeness (QED) is 0.778. The number of hydrogen-bond donors (Lipinski definition) is 1. The molecular weight excluding hydrogens is 260 g/mol. The van der Waals surface area contributed by atoms with E-state index in [1.807, 2.05) is 42.5 Å². The number of hydrogen-bond acceptors (Lipinski definition) is 3. The van der Waals surface area contributed by atoms with Gasteiger partial charge in [-0.05, 0) is 23.8 Å². The van der Waals surface area contributed by atoms with Crippen molar-refractivity contribution in [3.05, 3.63) is 72.3 Å². The van der Waals surface area contributed by atoms with Crippen LogP contribution in [0.4, 0.5) is 5.82 Å². The van der Waals surface area contributed by atoms with Gasteiger partial charge < -0.3 is 10.0 Å². The van der Waals surface area contributed by atoms with Crippen LogP contribution in [0.1, 0.15) is 5.56 Å². The third kappa shape index (κ3) is 3.20. The highest BCUT2D eigenvalue weighted by atomic mass is 16.3. The third-order valence-electron chi connectivity index (χ3n) is 3.49. The van der Waals surface area contributed by atoms with Gasteiger partial charge in [-0.15, -0.1) is 0 Å². The molecule has 0 unspecified atom stereocenters. The molecule has 0 radical (unpaired) electrons. The number of rotatable bonds is 5. The average molecular weight is 278 g/mol. The molecule has 3 nitrogen and oxygen atoms in total. The normalized spacial score (nSPS) is 10.7. The van der Waals surface area contributed by atoms with Crippen LogP contribution in [0.25, 0.3) is 10.9 Å². The van der Waals surface area contributed by atoms with Gasteiger partial charge in [0.25, 0.3) is 0 Å². The van der Waals surface area contributed by atoms with Crippen molar-refractivity contribution < 1.29 is 5.11 Å². The highest BCUT2D eigenvalue weighted by molar-refractivity contribution is 5.80. The number of aromatic nitrogens is 1. The summed E-state index contributed by atoms with van der Waals surface area (Å²) in [6.07, 6.45) is 0. The Bertz CT molecular complexity index is 712. The van der Waals surface area contributed by atoms with Crippen LogP contribution in [0.5, 0.6) is 0 Å². The van der Waals surface area contributed by atoms with Crippen molar-refractivity contribution in [2.75, 3.05) is 18.1 Å². The van der Waals surface area contributed by atoms with Crippen molar-refractivity contribution in [1.29, 1.82) is 0 Å². The second kappa shape index (κ2) is 6.37. The Balaban J connectivity index is 1.91. The van der Waals surface area contributed by atoms with E-state index in [2.05, 4.69) is 29.2 Å². The van der Waals surface area contributed by atoms with E-state index in [1.165, 1.54) is 5.56 Å². The first-order valence-corrected chi connectivity index (χ1v) is 7.12. The number of benzene rings is 2. The number of anilines is 1. The zero-order valence-corrected chi connectivity index (χ0v) is 11.8. The number of pyridine rings is 1. The Hall–Kier alpha value is -2.39. The summed E-state index contributed by atoms with van der Waals surface area (Å²) in [6, 6.07) is 22.4. The van der Waals surface area contributed by atoms with E-state index in [1.54, 1.807) is 0 Å². The predicted octanol–water partition coefficient (Wildman–Crippen LogP) is 3.23. The van der Waals surface area contributed by atoms with Gasteiger partial charge in [0, 0.05) is 18.5 Å². The Morgan fingerprint density at radius 2 is 1.62 bits per heavy atom. The van der Waals surface area contributed by atoms with E-state index < -0.39 is 0 Å². The maximum Gasteiger partial charge on any atom is 0.129 e. The number of fused-ring (bicyclic) bond motifs is 1. The fraction of sp³-hybridized carbons (Fsp3) is 0.167. The monoisotopic (exact) mass is 278 g/mol. The van der Waals surface area contributed by atoms with Crippen molar-refractivity contribution in [1.82, 2.24) is 4.98 Å². The number of nitrogens with zero attached hydrogens (tertiary/aromatic N) is 2. The van der Waals surface area contributed by atoms with E-state index in [9.17, 15) is 5.11 Å². The van der Waals surface area contributed by atoms with Crippen molar-refractivity contribution in [3.63, 3.8) is 0 Å². The molecular formula is C18H18N2O. The van der Waals surface area contributed by atoms with E-state index in [0.717, 1.165) is 23.3 Å². The van der Waals surface area contributed by atoms with Crippen LogP contribution in [0.3, 0.4) is 0 Å². The van der Waals surface area contributed by atoms with Gasteiger partial charge in [-0.3, -0.25) is 0 Å². The van der Waals surface area contributed by atoms with E-state index in [0.29, 0.717) is 6.54 Å². The summed E-state index contributed by atoms with van der Waals surface area (Å²) in [5.74, 6) is 0.895. The average Bonchev–Trinajstić information content (AvgIpc) is 2.55. The maximum atomic E-state index is 9.32. The molecule has 0 saturated heterocycles. The van der Waals surface area contributed by atoms with Gasteiger partial charge in [-0.25, -0.2) is 4.98 Å². The van der Waals surface area contributed by atoms with Crippen LogP contribution in [-0.2, 0) is 6.54 Å². The van der Waals surface area contributed by atoms with Crippen LogP contribution < -0.4 is 4.90 Å². The summed E-state index contributed by atoms with van der Waals surface area (Å²) in [4.78, 5) is 6.80. The summed E-state index contributed by atoms with van der Waals surface area (Å²) in [5.41, 5.74) is 2.19. The molecule has 106 valence electrons. The largest absolute Gasteiger partial charge is 0.395 e. The number of para-hydroxylation sites is 1. The molecule has 3 aromatic rings. The van der Waals surface area contributed by atoms with E-state index in [4.69, 9.17) is 4.98 Å². The fourth-order valence-corrected chi connectivity index (χ4v) is 2.43. The van der Waals surface area contributed by atoms with Crippen LogP contribution in [-0.4, -0.2) is 23.2 Å². The summed E-state index contributed by atoms with van der Waals surface area (Å²) in [7, 11) is 0. The third-order valence-corrected chi connectivity index (χ3v) is 3.49. The first-order valence-electron chi connectivity index (χ1n) is 7.12. The molecule has 0 atom stereocenters. The summed E-state index contributed by atoms with van der Waals surface area (Å²) < 4.78 is 0. The summed E-state index contributed by atoms with van der Waals surface area (Å²) in [6.45, 7) is 1.42. The standard InChI is InChI=1S/C18H18N2O/c21-13-12-20(14-15-6-2-1-3-7-15)18-11-10-16-8-4-5-9-17(16)19-18/h1-11,21H,12-14H2. The second-order valence-corrected chi connectivity index (χ2v) is 4.99. The minimum Gasteiger partial charge on any atom is -0.395 e. The Morgan fingerprint density at radius 1 is 0.857 bits per heavy atom. The van der Waals surface area contributed by atoms with Crippen LogP contribution in [0.15, 0.2) is 66.7 Å². The van der Waals surface area contributed by atoms with Gasteiger partial charge in [-0.1, -0.05) is 48.5 Å². The van der Waals surface area contributed by atoms with Gasteiger partial charge in [0.05, 0.1) is 12.1 Å².